The molecular weight excluding hydrogens is 266 g/mol. The van der Waals surface area contributed by atoms with Gasteiger partial charge < -0.3 is 9.64 Å². The summed E-state index contributed by atoms with van der Waals surface area (Å²) < 4.78 is 5.47. The Balaban J connectivity index is 2.17. The van der Waals surface area contributed by atoms with Gasteiger partial charge in [0, 0.05) is 20.2 Å². The number of carbonyl (C=O) groups is 1. The Morgan fingerprint density at radius 3 is 2.95 bits per heavy atom. The molecule has 0 spiro atoms. The molecule has 0 aliphatic carbocycles. The van der Waals surface area contributed by atoms with Crippen LogP contribution >= 0.6 is 11.6 Å². The number of nitrogens with zero attached hydrogens (tertiary/aromatic N) is 3. The van der Waals surface area contributed by atoms with Crippen molar-refractivity contribution in [2.24, 2.45) is 5.92 Å². The summed E-state index contributed by atoms with van der Waals surface area (Å²) in [5.74, 6) is 1.63. The van der Waals surface area contributed by atoms with Crippen molar-refractivity contribution in [3.63, 3.8) is 0 Å². The van der Waals surface area contributed by atoms with Crippen molar-refractivity contribution < 1.29 is 9.53 Å². The summed E-state index contributed by atoms with van der Waals surface area (Å²) in [6.45, 7) is 4.17. The van der Waals surface area contributed by atoms with E-state index in [0.717, 1.165) is 32.6 Å². The van der Waals surface area contributed by atoms with Gasteiger partial charge in [-0.3, -0.25) is 4.79 Å². The van der Waals surface area contributed by atoms with Gasteiger partial charge in [0.2, 0.25) is 0 Å². The van der Waals surface area contributed by atoms with Crippen molar-refractivity contribution in [3.05, 3.63) is 16.5 Å². The van der Waals surface area contributed by atoms with Crippen LogP contribution in [0.1, 0.15) is 29.0 Å². The first-order chi connectivity index (χ1) is 9.11. The summed E-state index contributed by atoms with van der Waals surface area (Å²) in [6.07, 6.45) is 2.94. The first-order valence-corrected chi connectivity index (χ1v) is 6.77. The van der Waals surface area contributed by atoms with Crippen molar-refractivity contribution in [2.75, 3.05) is 31.7 Å². The molecule has 104 valence electrons. The van der Waals surface area contributed by atoms with Crippen LogP contribution in [0.2, 0.25) is 5.15 Å². The normalized spacial score (nSPS) is 19.2. The second-order valence-corrected chi connectivity index (χ2v) is 5.24. The smallest absolute Gasteiger partial charge is 0.156 e. The van der Waals surface area contributed by atoms with E-state index in [2.05, 4.69) is 9.97 Å². The lowest BCUT2D eigenvalue weighted by molar-refractivity contribution is 0.0576. The van der Waals surface area contributed by atoms with Crippen LogP contribution in [-0.4, -0.2) is 43.1 Å². The van der Waals surface area contributed by atoms with Crippen molar-refractivity contribution in [3.8, 4) is 0 Å². The van der Waals surface area contributed by atoms with Crippen LogP contribution in [0.15, 0.2) is 0 Å². The van der Waals surface area contributed by atoms with Crippen LogP contribution in [0.4, 0.5) is 5.82 Å². The lowest BCUT2D eigenvalue weighted by atomic mass is 10.0. The van der Waals surface area contributed by atoms with E-state index in [0.29, 0.717) is 29.4 Å². The number of hydrogen-bond donors (Lipinski definition) is 0. The number of halogens is 1. The highest BCUT2D eigenvalue weighted by Crippen LogP contribution is 2.24. The molecule has 0 aromatic carbocycles. The zero-order valence-electron chi connectivity index (χ0n) is 11.2. The van der Waals surface area contributed by atoms with Gasteiger partial charge in [0.1, 0.15) is 16.8 Å². The molecule has 2 rings (SSSR count). The maximum absolute atomic E-state index is 11.1. The van der Waals surface area contributed by atoms with Crippen LogP contribution in [0.3, 0.4) is 0 Å². The molecule has 5 nitrogen and oxygen atoms in total. The number of aryl methyl sites for hydroxylation is 1. The van der Waals surface area contributed by atoms with Gasteiger partial charge in [-0.25, -0.2) is 9.97 Å². The third-order valence-electron chi connectivity index (χ3n) is 3.26. The lowest BCUT2D eigenvalue weighted by Crippen LogP contribution is -2.32. The van der Waals surface area contributed by atoms with Gasteiger partial charge in [-0.15, -0.1) is 0 Å². The molecule has 1 atom stereocenters. The number of hydrogen-bond acceptors (Lipinski definition) is 5. The van der Waals surface area contributed by atoms with E-state index in [1.807, 2.05) is 11.9 Å². The summed E-state index contributed by atoms with van der Waals surface area (Å²) in [4.78, 5) is 21.4. The van der Waals surface area contributed by atoms with Crippen molar-refractivity contribution in [1.29, 1.82) is 0 Å². The van der Waals surface area contributed by atoms with E-state index in [1.165, 1.54) is 0 Å². The predicted molar refractivity (Wildman–Crippen MR) is 74.0 cm³/mol. The first-order valence-electron chi connectivity index (χ1n) is 6.40. The third kappa shape index (κ3) is 3.42. The number of ether oxygens (including phenoxy) is 1. The number of carbonyl (C=O) groups excluding carboxylic acids is 1. The Hall–Kier alpha value is -1.20. The summed E-state index contributed by atoms with van der Waals surface area (Å²) >= 11 is 5.99. The number of anilines is 1. The fourth-order valence-corrected chi connectivity index (χ4v) is 2.60. The molecule has 2 heterocycles. The Morgan fingerprint density at radius 1 is 1.53 bits per heavy atom. The topological polar surface area (TPSA) is 55.3 Å². The zero-order valence-corrected chi connectivity index (χ0v) is 12.0. The molecule has 1 aromatic heterocycles. The van der Waals surface area contributed by atoms with E-state index < -0.39 is 0 Å². The Kier molecular flexibility index (Phi) is 4.71. The molecule has 6 heteroatoms. The SMILES string of the molecule is Cc1nc(Cl)c(C=O)c(N(C)CC2CCCOC2)n1. The second-order valence-electron chi connectivity index (χ2n) is 4.88. The zero-order chi connectivity index (χ0) is 13.8. The van der Waals surface area contributed by atoms with E-state index in [-0.39, 0.29) is 5.15 Å². The molecule has 0 amide bonds. The van der Waals surface area contributed by atoms with Gasteiger partial charge in [-0.1, -0.05) is 11.6 Å². The summed E-state index contributed by atoms with van der Waals surface area (Å²) in [7, 11) is 1.92. The van der Waals surface area contributed by atoms with Crippen LogP contribution < -0.4 is 4.90 Å². The Labute approximate surface area is 117 Å². The summed E-state index contributed by atoms with van der Waals surface area (Å²) in [5.41, 5.74) is 0.353. The molecule has 0 bridgehead atoms. The molecule has 1 unspecified atom stereocenters. The van der Waals surface area contributed by atoms with Crippen LogP contribution in [0.25, 0.3) is 0 Å². The van der Waals surface area contributed by atoms with Crippen molar-refractivity contribution >= 4 is 23.7 Å². The first kappa shape index (κ1) is 14.2. The van der Waals surface area contributed by atoms with Gasteiger partial charge in [0.05, 0.1) is 12.2 Å². The molecule has 1 fully saturated rings. The average molecular weight is 284 g/mol. The minimum atomic E-state index is 0.212. The summed E-state index contributed by atoms with van der Waals surface area (Å²) in [5, 5.41) is 0.212. The maximum atomic E-state index is 11.1. The van der Waals surface area contributed by atoms with Crippen molar-refractivity contribution in [2.45, 2.75) is 19.8 Å². The highest BCUT2D eigenvalue weighted by Gasteiger charge is 2.20. The standard InChI is InChI=1S/C13H18ClN3O2/c1-9-15-12(14)11(7-18)13(16-9)17(2)6-10-4-3-5-19-8-10/h7,10H,3-6,8H2,1-2H3. The Morgan fingerprint density at radius 2 is 2.32 bits per heavy atom. The van der Waals surface area contributed by atoms with E-state index in [1.54, 1.807) is 6.92 Å². The van der Waals surface area contributed by atoms with Crippen LogP contribution in [0.5, 0.6) is 0 Å². The number of aromatic nitrogens is 2. The molecular formula is C13H18ClN3O2. The molecule has 0 N–H and O–H groups in total. The molecule has 19 heavy (non-hydrogen) atoms. The molecule has 0 radical (unpaired) electrons. The van der Waals surface area contributed by atoms with Gasteiger partial charge in [0.15, 0.2) is 6.29 Å². The molecule has 1 aliphatic rings. The minimum absolute atomic E-state index is 0.212. The number of aldehydes is 1. The van der Waals surface area contributed by atoms with Gasteiger partial charge >= 0.3 is 0 Å². The molecule has 1 aromatic rings. The molecule has 1 aliphatic heterocycles. The fourth-order valence-electron chi connectivity index (χ4n) is 2.35. The van der Waals surface area contributed by atoms with Gasteiger partial charge in [0.25, 0.3) is 0 Å². The molecule has 0 saturated carbocycles. The van der Waals surface area contributed by atoms with Gasteiger partial charge in [-0.2, -0.15) is 0 Å². The molecule has 1 saturated heterocycles. The highest BCUT2D eigenvalue weighted by molar-refractivity contribution is 6.32. The monoisotopic (exact) mass is 283 g/mol. The van der Waals surface area contributed by atoms with E-state index in [4.69, 9.17) is 16.3 Å². The van der Waals surface area contributed by atoms with Crippen LogP contribution in [0, 0.1) is 12.8 Å². The maximum Gasteiger partial charge on any atom is 0.156 e. The van der Waals surface area contributed by atoms with E-state index >= 15 is 0 Å². The predicted octanol–water partition coefficient (Wildman–Crippen LogP) is 2.11. The average Bonchev–Trinajstić information content (AvgIpc) is 2.39. The quantitative estimate of drug-likeness (QED) is 0.626. The van der Waals surface area contributed by atoms with Crippen LogP contribution in [-0.2, 0) is 4.74 Å². The second kappa shape index (κ2) is 6.30. The summed E-state index contributed by atoms with van der Waals surface area (Å²) in [6, 6.07) is 0. The third-order valence-corrected chi connectivity index (χ3v) is 3.55. The minimum Gasteiger partial charge on any atom is -0.381 e. The van der Waals surface area contributed by atoms with E-state index in [9.17, 15) is 4.79 Å². The lowest BCUT2D eigenvalue weighted by Gasteiger charge is -2.28. The Bertz CT molecular complexity index is 461. The fraction of sp³-hybridized carbons (Fsp3) is 0.615. The number of rotatable bonds is 4. The van der Waals surface area contributed by atoms with Crippen molar-refractivity contribution in [1.82, 2.24) is 9.97 Å². The highest BCUT2D eigenvalue weighted by atomic mass is 35.5. The largest absolute Gasteiger partial charge is 0.381 e. The van der Waals surface area contributed by atoms with Gasteiger partial charge in [-0.05, 0) is 25.7 Å².